The van der Waals surface area contributed by atoms with Gasteiger partial charge in [0.15, 0.2) is 18.1 Å². The van der Waals surface area contributed by atoms with Crippen LogP contribution in [-0.2, 0) is 14.6 Å². The Morgan fingerprint density at radius 1 is 1.24 bits per heavy atom. The van der Waals surface area contributed by atoms with E-state index in [4.69, 9.17) is 14.6 Å². The molecule has 0 radical (unpaired) electrons. The van der Waals surface area contributed by atoms with Gasteiger partial charge in [-0.25, -0.2) is 13.2 Å². The van der Waals surface area contributed by atoms with Crippen LogP contribution in [0.25, 0.3) is 0 Å². The van der Waals surface area contributed by atoms with Gasteiger partial charge in [0.05, 0.1) is 12.4 Å². The van der Waals surface area contributed by atoms with E-state index in [0.717, 1.165) is 6.26 Å². The lowest BCUT2D eigenvalue weighted by molar-refractivity contribution is -0.139. The largest absolute Gasteiger partial charge is 0.490 e. The quantitative estimate of drug-likeness (QED) is 0.689. The van der Waals surface area contributed by atoms with E-state index >= 15 is 0 Å². The highest BCUT2D eigenvalue weighted by Gasteiger charge is 2.22. The monoisotopic (exact) mass is 373 g/mol. The van der Waals surface area contributed by atoms with Crippen molar-refractivity contribution in [3.63, 3.8) is 0 Å². The van der Waals surface area contributed by atoms with Crippen LogP contribution in [0.5, 0.6) is 11.5 Å². The fraction of sp³-hybridized carbons (Fsp3) is 0.500. The Kier molecular flexibility index (Phi) is 7.22. The van der Waals surface area contributed by atoms with Crippen LogP contribution in [0.3, 0.4) is 0 Å². The number of nitrogens with zero attached hydrogens (tertiary/aromatic N) is 1. The van der Waals surface area contributed by atoms with Crippen molar-refractivity contribution in [3.05, 3.63) is 23.8 Å². The smallest absolute Gasteiger partial charge is 0.341 e. The average Bonchev–Trinajstić information content (AvgIpc) is 2.50. The van der Waals surface area contributed by atoms with Gasteiger partial charge in [-0.2, -0.15) is 0 Å². The number of amides is 1. The highest BCUT2D eigenvalue weighted by atomic mass is 32.2. The van der Waals surface area contributed by atoms with Crippen molar-refractivity contribution in [1.82, 2.24) is 4.90 Å². The minimum Gasteiger partial charge on any atom is -0.490 e. The molecule has 8 nitrogen and oxygen atoms in total. The van der Waals surface area contributed by atoms with Crippen LogP contribution in [0.15, 0.2) is 18.2 Å². The second kappa shape index (κ2) is 8.70. The van der Waals surface area contributed by atoms with Crippen molar-refractivity contribution >= 4 is 21.7 Å². The Hall–Kier alpha value is -2.29. The highest BCUT2D eigenvalue weighted by Crippen LogP contribution is 2.29. The third-order valence-corrected chi connectivity index (χ3v) is 4.46. The first kappa shape index (κ1) is 20.8. The summed E-state index contributed by atoms with van der Waals surface area (Å²) in [5.74, 6) is -1.18. The van der Waals surface area contributed by atoms with Crippen molar-refractivity contribution < 1.29 is 32.6 Å². The summed E-state index contributed by atoms with van der Waals surface area (Å²) >= 11 is 0. The first-order chi connectivity index (χ1) is 11.5. The number of carboxylic acids is 1. The zero-order valence-electron chi connectivity index (χ0n) is 14.7. The molecule has 1 amide bonds. The number of carbonyl (C=O) groups is 2. The van der Waals surface area contributed by atoms with Gasteiger partial charge in [0.25, 0.3) is 5.91 Å². The van der Waals surface area contributed by atoms with Crippen LogP contribution in [0.2, 0.25) is 0 Å². The van der Waals surface area contributed by atoms with Crippen molar-refractivity contribution in [2.45, 2.75) is 19.9 Å². The number of hydrogen-bond acceptors (Lipinski definition) is 6. The molecule has 0 aliphatic heterocycles. The second-order valence-electron chi connectivity index (χ2n) is 5.63. The van der Waals surface area contributed by atoms with Gasteiger partial charge < -0.3 is 19.5 Å². The molecule has 1 unspecified atom stereocenters. The number of carboxylic acid groups (broad SMARTS) is 1. The van der Waals surface area contributed by atoms with Crippen LogP contribution < -0.4 is 9.47 Å². The van der Waals surface area contributed by atoms with Crippen LogP contribution >= 0.6 is 0 Å². The van der Waals surface area contributed by atoms with Crippen molar-refractivity contribution in [2.75, 3.05) is 32.3 Å². The van der Waals surface area contributed by atoms with Gasteiger partial charge >= 0.3 is 5.97 Å². The summed E-state index contributed by atoms with van der Waals surface area (Å²) in [5.41, 5.74) is 0.286. The number of rotatable bonds is 9. The van der Waals surface area contributed by atoms with Crippen LogP contribution in [-0.4, -0.2) is 68.6 Å². The van der Waals surface area contributed by atoms with Gasteiger partial charge in [0, 0.05) is 24.9 Å². The molecule has 0 aliphatic carbocycles. The summed E-state index contributed by atoms with van der Waals surface area (Å²) in [4.78, 5) is 24.5. The third kappa shape index (κ3) is 6.61. The summed E-state index contributed by atoms with van der Waals surface area (Å²) < 4.78 is 33.3. The fourth-order valence-electron chi connectivity index (χ4n) is 2.12. The zero-order chi connectivity index (χ0) is 19.2. The van der Waals surface area contributed by atoms with Crippen molar-refractivity contribution in [3.8, 4) is 11.5 Å². The van der Waals surface area contributed by atoms with Crippen molar-refractivity contribution in [1.29, 1.82) is 0 Å². The predicted molar refractivity (Wildman–Crippen MR) is 92.0 cm³/mol. The number of aliphatic carboxylic acids is 1. The van der Waals surface area contributed by atoms with Gasteiger partial charge in [-0.05, 0) is 32.0 Å². The third-order valence-electron chi connectivity index (χ3n) is 3.37. The second-order valence-corrected chi connectivity index (χ2v) is 7.82. The van der Waals surface area contributed by atoms with E-state index in [1.165, 1.54) is 30.1 Å². The van der Waals surface area contributed by atoms with Crippen LogP contribution in [0.4, 0.5) is 0 Å². The number of hydrogen-bond donors (Lipinski definition) is 1. The molecule has 0 aliphatic rings. The molecule has 1 N–H and O–H groups in total. The molecular formula is C16H23NO7S. The number of sulfone groups is 1. The maximum Gasteiger partial charge on any atom is 0.341 e. The molecule has 1 aromatic carbocycles. The van der Waals surface area contributed by atoms with E-state index in [1.54, 1.807) is 13.8 Å². The Morgan fingerprint density at radius 3 is 2.40 bits per heavy atom. The first-order valence-corrected chi connectivity index (χ1v) is 9.67. The lowest BCUT2D eigenvalue weighted by Gasteiger charge is -2.24. The maximum absolute atomic E-state index is 12.5. The molecule has 1 atom stereocenters. The van der Waals surface area contributed by atoms with Crippen LogP contribution in [0.1, 0.15) is 24.2 Å². The molecule has 0 fully saturated rings. The van der Waals surface area contributed by atoms with Gasteiger partial charge in [0.2, 0.25) is 0 Å². The van der Waals surface area contributed by atoms with E-state index in [0.29, 0.717) is 6.61 Å². The van der Waals surface area contributed by atoms with E-state index in [9.17, 15) is 18.0 Å². The summed E-state index contributed by atoms with van der Waals surface area (Å²) in [6.07, 6.45) is 1.11. The summed E-state index contributed by atoms with van der Waals surface area (Å²) in [6.45, 7) is 3.17. The Bertz CT molecular complexity index is 730. The van der Waals surface area contributed by atoms with E-state index in [-0.39, 0.29) is 28.7 Å². The molecule has 1 rings (SSSR count). The first-order valence-electron chi connectivity index (χ1n) is 7.61. The fourth-order valence-corrected chi connectivity index (χ4v) is 3.22. The summed E-state index contributed by atoms with van der Waals surface area (Å²) in [6, 6.07) is 3.88. The average molecular weight is 373 g/mol. The van der Waals surface area contributed by atoms with E-state index < -0.39 is 28.5 Å². The number of carbonyl (C=O) groups excluding carboxylic acids is 1. The molecular weight excluding hydrogens is 350 g/mol. The summed E-state index contributed by atoms with van der Waals surface area (Å²) in [7, 11) is -1.70. The molecule has 0 heterocycles. The maximum atomic E-state index is 12.5. The Balaban J connectivity index is 3.01. The molecule has 1 aromatic rings. The predicted octanol–water partition coefficient (Wildman–Crippen LogP) is 1.05. The van der Waals surface area contributed by atoms with Crippen LogP contribution in [0, 0.1) is 0 Å². The number of benzene rings is 1. The molecule has 25 heavy (non-hydrogen) atoms. The zero-order valence-corrected chi connectivity index (χ0v) is 15.5. The summed E-state index contributed by atoms with van der Waals surface area (Å²) in [5, 5.41) is 8.69. The Morgan fingerprint density at radius 2 is 1.88 bits per heavy atom. The normalized spacial score (nSPS) is 12.3. The van der Waals surface area contributed by atoms with Gasteiger partial charge in [-0.15, -0.1) is 0 Å². The molecule has 0 aromatic heterocycles. The number of ether oxygens (including phenoxy) is 2. The minimum atomic E-state index is -3.22. The van der Waals surface area contributed by atoms with E-state index in [2.05, 4.69) is 0 Å². The Labute approximate surface area is 147 Å². The molecule has 0 saturated carbocycles. The van der Waals surface area contributed by atoms with Gasteiger partial charge in [-0.3, -0.25) is 4.79 Å². The minimum absolute atomic E-state index is 0.145. The molecule has 0 spiro atoms. The SMILES string of the molecule is CCOc1cc(C(=O)N(C)C(C)CS(C)(=O)=O)ccc1OCC(=O)O. The molecule has 9 heteroatoms. The van der Waals surface area contributed by atoms with E-state index in [1.807, 2.05) is 0 Å². The highest BCUT2D eigenvalue weighted by molar-refractivity contribution is 7.90. The lowest BCUT2D eigenvalue weighted by Crippen LogP contribution is -2.39. The van der Waals surface area contributed by atoms with Gasteiger partial charge in [0.1, 0.15) is 9.84 Å². The molecule has 0 bridgehead atoms. The van der Waals surface area contributed by atoms with Gasteiger partial charge in [-0.1, -0.05) is 0 Å². The van der Waals surface area contributed by atoms with Crippen molar-refractivity contribution in [2.24, 2.45) is 0 Å². The molecule has 140 valence electrons. The molecule has 0 saturated heterocycles. The topological polar surface area (TPSA) is 110 Å². The standard InChI is InChI=1S/C16H23NO7S/c1-5-23-14-8-12(6-7-13(14)24-9-15(18)19)16(20)17(3)11(2)10-25(4,21)22/h6-8,11H,5,9-10H2,1-4H3,(H,18,19). The lowest BCUT2D eigenvalue weighted by atomic mass is 10.1.